The number of hydrogen-bond acceptors (Lipinski definition) is 3. The maximum absolute atomic E-state index is 13.0. The fraction of sp³-hybridized carbons (Fsp3) is 0.192. The fourth-order valence-electron chi connectivity index (χ4n) is 3.44. The second-order valence-electron chi connectivity index (χ2n) is 8.01. The molecule has 0 radical (unpaired) electrons. The highest BCUT2D eigenvalue weighted by Crippen LogP contribution is 2.25. The van der Waals surface area contributed by atoms with Crippen LogP contribution in [0, 0.1) is 34.6 Å². The molecule has 0 atom stereocenters. The predicted molar refractivity (Wildman–Crippen MR) is 125 cm³/mol. The average molecular weight is 411 g/mol. The lowest BCUT2D eigenvalue weighted by molar-refractivity contribution is 0.101. The number of nitrogens with one attached hydrogen (secondary N) is 1. The Morgan fingerprint density at radius 2 is 1.58 bits per heavy atom. The third-order valence-corrected chi connectivity index (χ3v) is 5.69. The van der Waals surface area contributed by atoms with E-state index in [1.54, 1.807) is 4.68 Å². The Bertz CT molecular complexity index is 1270. The van der Waals surface area contributed by atoms with Crippen molar-refractivity contribution < 1.29 is 4.79 Å². The number of hydrogen-bond donors (Lipinski definition) is 1. The van der Waals surface area contributed by atoms with Crippen molar-refractivity contribution in [2.45, 2.75) is 34.6 Å². The molecular weight excluding hydrogens is 384 g/mol. The second-order valence-corrected chi connectivity index (χ2v) is 8.01. The van der Waals surface area contributed by atoms with Crippen molar-refractivity contribution in [3.8, 4) is 17.1 Å². The van der Waals surface area contributed by atoms with Gasteiger partial charge in [0.1, 0.15) is 0 Å². The van der Waals surface area contributed by atoms with Crippen LogP contribution in [0.4, 0.5) is 5.69 Å². The monoisotopic (exact) mass is 410 g/mol. The average Bonchev–Trinajstić information content (AvgIpc) is 3.18. The van der Waals surface area contributed by atoms with E-state index in [1.165, 1.54) is 5.56 Å². The maximum atomic E-state index is 13.0. The zero-order valence-corrected chi connectivity index (χ0v) is 18.5. The molecule has 0 fully saturated rings. The lowest BCUT2D eigenvalue weighted by Crippen LogP contribution is -2.14. The normalized spacial score (nSPS) is 10.9. The summed E-state index contributed by atoms with van der Waals surface area (Å²) in [5.41, 5.74) is 8.26. The molecule has 3 aromatic carbocycles. The van der Waals surface area contributed by atoms with E-state index in [1.807, 2.05) is 75.4 Å². The molecule has 0 bridgehead atoms. The first-order valence-corrected chi connectivity index (χ1v) is 10.3. The minimum absolute atomic E-state index is 0.134. The summed E-state index contributed by atoms with van der Waals surface area (Å²) < 4.78 is 1.77. The zero-order chi connectivity index (χ0) is 22.1. The van der Waals surface area contributed by atoms with Gasteiger partial charge in [0, 0.05) is 11.3 Å². The van der Waals surface area contributed by atoms with E-state index in [0.29, 0.717) is 5.82 Å². The van der Waals surface area contributed by atoms with Gasteiger partial charge in [0.05, 0.1) is 5.69 Å². The first-order chi connectivity index (χ1) is 14.8. The number of aromatic nitrogens is 3. The number of carbonyl (C=O) groups excluding carboxylic acids is 1. The molecule has 0 aliphatic carbocycles. The Labute approximate surface area is 182 Å². The van der Waals surface area contributed by atoms with Gasteiger partial charge < -0.3 is 5.32 Å². The van der Waals surface area contributed by atoms with E-state index in [2.05, 4.69) is 35.3 Å². The Hall–Kier alpha value is -3.73. The SMILES string of the molecule is Cc1ccc(-c2nc(C(=O)Nc3ccc(C)c(C)c3)nn2-c2cccc(C)c2C)cc1. The van der Waals surface area contributed by atoms with Crippen LogP contribution in [-0.4, -0.2) is 20.7 Å². The first kappa shape index (κ1) is 20.5. The predicted octanol–water partition coefficient (Wildman–Crippen LogP) is 5.73. The van der Waals surface area contributed by atoms with Crippen LogP contribution in [0.3, 0.4) is 0 Å². The number of benzene rings is 3. The summed E-state index contributed by atoms with van der Waals surface area (Å²) >= 11 is 0. The number of aryl methyl sites for hydroxylation is 4. The zero-order valence-electron chi connectivity index (χ0n) is 18.5. The third kappa shape index (κ3) is 4.12. The standard InChI is InChI=1S/C26H26N4O/c1-16-9-12-21(13-10-16)25-28-24(26(31)27-22-14-11-17(2)19(4)15-22)29-30(25)23-8-6-7-18(3)20(23)5/h6-15H,1-5H3,(H,27,31). The Balaban J connectivity index is 1.79. The van der Waals surface area contributed by atoms with Gasteiger partial charge in [-0.2, -0.15) is 0 Å². The van der Waals surface area contributed by atoms with Crippen molar-refractivity contribution in [2.75, 3.05) is 5.32 Å². The van der Waals surface area contributed by atoms with Gasteiger partial charge in [-0.1, -0.05) is 48.0 Å². The van der Waals surface area contributed by atoms with E-state index in [-0.39, 0.29) is 11.7 Å². The molecule has 4 aromatic rings. The highest BCUT2D eigenvalue weighted by atomic mass is 16.2. The van der Waals surface area contributed by atoms with Gasteiger partial charge in [0.2, 0.25) is 5.82 Å². The van der Waals surface area contributed by atoms with Gasteiger partial charge in [-0.15, -0.1) is 5.10 Å². The summed E-state index contributed by atoms with van der Waals surface area (Å²) in [7, 11) is 0. The number of anilines is 1. The van der Waals surface area contributed by atoms with E-state index >= 15 is 0 Å². The van der Waals surface area contributed by atoms with Gasteiger partial charge in [0.25, 0.3) is 5.91 Å². The van der Waals surface area contributed by atoms with Gasteiger partial charge in [0.15, 0.2) is 5.82 Å². The third-order valence-electron chi connectivity index (χ3n) is 5.69. The lowest BCUT2D eigenvalue weighted by atomic mass is 10.1. The lowest BCUT2D eigenvalue weighted by Gasteiger charge is -2.11. The molecule has 4 rings (SSSR count). The molecule has 0 unspecified atom stereocenters. The van der Waals surface area contributed by atoms with E-state index in [9.17, 15) is 4.79 Å². The van der Waals surface area contributed by atoms with Crippen molar-refractivity contribution in [3.05, 3.63) is 94.3 Å². The summed E-state index contributed by atoms with van der Waals surface area (Å²) in [6, 6.07) is 20.0. The first-order valence-electron chi connectivity index (χ1n) is 10.3. The van der Waals surface area contributed by atoms with E-state index in [0.717, 1.165) is 39.2 Å². The maximum Gasteiger partial charge on any atom is 0.295 e. The number of rotatable bonds is 4. The van der Waals surface area contributed by atoms with Crippen LogP contribution >= 0.6 is 0 Å². The molecule has 0 aliphatic rings. The van der Waals surface area contributed by atoms with Crippen LogP contribution in [0.15, 0.2) is 60.7 Å². The molecule has 5 heteroatoms. The number of nitrogens with zero attached hydrogens (tertiary/aromatic N) is 3. The molecule has 0 saturated heterocycles. The van der Waals surface area contributed by atoms with Crippen LogP contribution < -0.4 is 5.32 Å². The van der Waals surface area contributed by atoms with Crippen LogP contribution in [0.1, 0.15) is 38.4 Å². The summed E-state index contributed by atoms with van der Waals surface area (Å²) in [5.74, 6) is 0.439. The van der Waals surface area contributed by atoms with Crippen LogP contribution in [-0.2, 0) is 0 Å². The van der Waals surface area contributed by atoms with E-state index < -0.39 is 0 Å². The molecule has 0 aliphatic heterocycles. The topological polar surface area (TPSA) is 59.8 Å². The molecular formula is C26H26N4O. The Morgan fingerprint density at radius 3 is 2.29 bits per heavy atom. The van der Waals surface area contributed by atoms with Crippen molar-refractivity contribution in [2.24, 2.45) is 0 Å². The molecule has 31 heavy (non-hydrogen) atoms. The molecule has 5 nitrogen and oxygen atoms in total. The quantitative estimate of drug-likeness (QED) is 0.467. The van der Waals surface area contributed by atoms with Gasteiger partial charge in [-0.05, 0) is 75.1 Å². The summed E-state index contributed by atoms with van der Waals surface area (Å²) in [4.78, 5) is 17.6. The van der Waals surface area contributed by atoms with Gasteiger partial charge >= 0.3 is 0 Å². The summed E-state index contributed by atoms with van der Waals surface area (Å²) in [5, 5.41) is 7.54. The number of carbonyl (C=O) groups is 1. The molecule has 0 saturated carbocycles. The highest BCUT2D eigenvalue weighted by molar-refractivity contribution is 6.01. The number of amides is 1. The molecule has 156 valence electrons. The van der Waals surface area contributed by atoms with E-state index in [4.69, 9.17) is 0 Å². The fourth-order valence-corrected chi connectivity index (χ4v) is 3.44. The minimum atomic E-state index is -0.333. The van der Waals surface area contributed by atoms with Crippen LogP contribution in [0.5, 0.6) is 0 Å². The molecule has 1 aromatic heterocycles. The van der Waals surface area contributed by atoms with Crippen molar-refractivity contribution >= 4 is 11.6 Å². The highest BCUT2D eigenvalue weighted by Gasteiger charge is 2.20. The van der Waals surface area contributed by atoms with Crippen molar-refractivity contribution in [3.63, 3.8) is 0 Å². The van der Waals surface area contributed by atoms with Crippen LogP contribution in [0.2, 0.25) is 0 Å². The molecule has 1 amide bonds. The molecule has 1 heterocycles. The van der Waals surface area contributed by atoms with Crippen LogP contribution in [0.25, 0.3) is 17.1 Å². The second kappa shape index (κ2) is 8.19. The van der Waals surface area contributed by atoms with Crippen molar-refractivity contribution in [1.29, 1.82) is 0 Å². The smallest absolute Gasteiger partial charge is 0.295 e. The molecule has 0 spiro atoms. The Morgan fingerprint density at radius 1 is 0.839 bits per heavy atom. The van der Waals surface area contributed by atoms with Gasteiger partial charge in [-0.3, -0.25) is 4.79 Å². The molecule has 1 N–H and O–H groups in total. The summed E-state index contributed by atoms with van der Waals surface area (Å²) in [6.45, 7) is 10.2. The van der Waals surface area contributed by atoms with Gasteiger partial charge in [-0.25, -0.2) is 9.67 Å². The minimum Gasteiger partial charge on any atom is -0.319 e. The van der Waals surface area contributed by atoms with Crippen molar-refractivity contribution in [1.82, 2.24) is 14.8 Å². The Kier molecular flexibility index (Phi) is 5.42. The summed E-state index contributed by atoms with van der Waals surface area (Å²) in [6.07, 6.45) is 0. The largest absolute Gasteiger partial charge is 0.319 e.